The summed E-state index contributed by atoms with van der Waals surface area (Å²) in [6, 6.07) is -1.09. The van der Waals surface area contributed by atoms with Gasteiger partial charge in [0.1, 0.15) is 36.8 Å². The van der Waals surface area contributed by atoms with Crippen molar-refractivity contribution in [2.24, 2.45) is 23.7 Å². The first-order valence-electron chi connectivity index (χ1n) is 15.5. The SMILES string of the molecule is C#CCO[C@@H]1[C@H](C)[C@H](O[C@@H]2O[C@H](C)C[C@H](N(C)C)[C@H]2O)[C@@H](C)C(=O)CC(=O)O[C@H](CC)[C@@]2(C)OC(=O)NC2[C@@H](C)C(=O)[C@@H]1C. The highest BCUT2D eigenvalue weighted by Crippen LogP contribution is 2.38. The van der Waals surface area contributed by atoms with E-state index in [-0.39, 0.29) is 31.0 Å². The lowest BCUT2D eigenvalue weighted by atomic mass is 9.74. The Bertz CT molecular complexity index is 1110. The number of rotatable bonds is 6. The van der Waals surface area contributed by atoms with Gasteiger partial charge >= 0.3 is 12.1 Å². The number of nitrogens with one attached hydrogen (secondary N) is 1. The van der Waals surface area contributed by atoms with Crippen LogP contribution in [0.25, 0.3) is 0 Å². The Morgan fingerprint density at radius 2 is 1.73 bits per heavy atom. The van der Waals surface area contributed by atoms with Gasteiger partial charge in [0.2, 0.25) is 0 Å². The van der Waals surface area contributed by atoms with Crippen LogP contribution in [0, 0.1) is 36.0 Å². The van der Waals surface area contributed by atoms with Crippen LogP contribution in [0.2, 0.25) is 0 Å². The average molecular weight is 623 g/mol. The summed E-state index contributed by atoms with van der Waals surface area (Å²) >= 11 is 0. The predicted molar refractivity (Wildman–Crippen MR) is 159 cm³/mol. The number of hydrogen-bond donors (Lipinski definition) is 2. The number of nitrogens with zero attached hydrogens (tertiary/aromatic N) is 1. The maximum absolute atomic E-state index is 14.1. The Kier molecular flexibility index (Phi) is 12.0. The molecule has 3 fully saturated rings. The van der Waals surface area contributed by atoms with E-state index in [1.165, 1.54) is 0 Å². The van der Waals surface area contributed by atoms with Gasteiger partial charge in [0.05, 0.1) is 24.4 Å². The van der Waals surface area contributed by atoms with E-state index in [1.54, 1.807) is 41.5 Å². The molecule has 3 saturated heterocycles. The highest BCUT2D eigenvalue weighted by molar-refractivity contribution is 5.97. The first-order valence-corrected chi connectivity index (χ1v) is 15.5. The third-order valence-electron chi connectivity index (χ3n) is 9.66. The van der Waals surface area contributed by atoms with Crippen LogP contribution in [0.15, 0.2) is 0 Å². The summed E-state index contributed by atoms with van der Waals surface area (Å²) < 4.78 is 30.0. The van der Waals surface area contributed by atoms with Crippen LogP contribution in [-0.2, 0) is 38.1 Å². The van der Waals surface area contributed by atoms with Gasteiger partial charge in [-0.25, -0.2) is 4.79 Å². The van der Waals surface area contributed by atoms with Crippen molar-refractivity contribution in [1.82, 2.24) is 10.2 Å². The molecule has 44 heavy (non-hydrogen) atoms. The smallest absolute Gasteiger partial charge is 0.408 e. The number of ketones is 2. The van der Waals surface area contributed by atoms with Crippen LogP contribution in [0.4, 0.5) is 4.79 Å². The van der Waals surface area contributed by atoms with Crippen molar-refractivity contribution in [2.45, 2.75) is 122 Å². The van der Waals surface area contributed by atoms with Crippen LogP contribution in [0.1, 0.15) is 67.7 Å². The number of carbonyl (C=O) groups is 4. The van der Waals surface area contributed by atoms with Gasteiger partial charge in [0, 0.05) is 29.7 Å². The first-order chi connectivity index (χ1) is 20.6. The fourth-order valence-corrected chi connectivity index (χ4v) is 7.07. The summed E-state index contributed by atoms with van der Waals surface area (Å²) in [6.07, 6.45) is 0.0373. The van der Waals surface area contributed by atoms with Crippen molar-refractivity contribution in [3.8, 4) is 12.3 Å². The highest BCUT2D eigenvalue weighted by atomic mass is 16.7. The van der Waals surface area contributed by atoms with Gasteiger partial charge in [0.15, 0.2) is 11.9 Å². The molecule has 3 aliphatic heterocycles. The largest absolute Gasteiger partial charge is 0.458 e. The molecule has 12 heteroatoms. The molecule has 1 amide bonds. The molecule has 0 saturated carbocycles. The van der Waals surface area contributed by atoms with E-state index in [0.29, 0.717) is 6.42 Å². The third-order valence-corrected chi connectivity index (χ3v) is 9.66. The number of aliphatic hydroxyl groups is 1. The molecule has 0 aromatic carbocycles. The number of ether oxygens (including phenoxy) is 5. The molecule has 0 radical (unpaired) electrons. The Labute approximate surface area is 260 Å². The molecule has 1 unspecified atom stereocenters. The normalized spacial score (nSPS) is 42.5. The number of carbonyl (C=O) groups excluding carboxylic acids is 4. The molecule has 248 valence electrons. The Morgan fingerprint density at radius 3 is 2.32 bits per heavy atom. The number of hydrogen-bond acceptors (Lipinski definition) is 11. The summed E-state index contributed by atoms with van der Waals surface area (Å²) in [4.78, 5) is 55.3. The second kappa shape index (κ2) is 14.7. The number of terminal acetylenes is 1. The standard InChI is InChI=1S/C32H50N2O10/c1-11-13-40-27-18(5)25(37)19(6)29-32(8,44-31(39)33-29)23(12-2)42-24(36)15-22(35)17(4)28(20(27)7)43-30-26(38)21(34(9)10)14-16(3)41-30/h1,16-21,23,26-30,38H,12-15H2,2-10H3,(H,33,39)/t16-,17+,18+,19+,20+,21+,23-,26-,27+,28-,29?,30+,32-/m1/s1. The molecular formula is C32H50N2O10. The van der Waals surface area contributed by atoms with E-state index in [9.17, 15) is 24.3 Å². The topological polar surface area (TPSA) is 150 Å². The molecule has 3 heterocycles. The lowest BCUT2D eigenvalue weighted by molar-refractivity contribution is -0.281. The van der Waals surface area contributed by atoms with Gasteiger partial charge in [-0.15, -0.1) is 6.42 Å². The van der Waals surface area contributed by atoms with E-state index < -0.39 is 90.3 Å². The van der Waals surface area contributed by atoms with Crippen LogP contribution >= 0.6 is 0 Å². The van der Waals surface area contributed by atoms with Gasteiger partial charge in [-0.3, -0.25) is 14.4 Å². The predicted octanol–water partition coefficient (Wildman–Crippen LogP) is 2.09. The van der Waals surface area contributed by atoms with Crippen molar-refractivity contribution in [1.29, 1.82) is 0 Å². The van der Waals surface area contributed by atoms with Crippen molar-refractivity contribution < 1.29 is 48.0 Å². The van der Waals surface area contributed by atoms with Crippen LogP contribution < -0.4 is 5.32 Å². The van der Waals surface area contributed by atoms with Gasteiger partial charge in [-0.05, 0) is 40.8 Å². The number of cyclic esters (lactones) is 1. The Balaban J connectivity index is 2.08. The van der Waals surface area contributed by atoms with E-state index >= 15 is 0 Å². The van der Waals surface area contributed by atoms with E-state index in [0.717, 1.165) is 0 Å². The fourth-order valence-electron chi connectivity index (χ4n) is 7.07. The zero-order valence-corrected chi connectivity index (χ0v) is 27.4. The molecule has 13 atom stereocenters. The molecule has 0 aromatic rings. The maximum atomic E-state index is 14.1. The molecule has 0 aromatic heterocycles. The van der Waals surface area contributed by atoms with E-state index in [4.69, 9.17) is 30.1 Å². The summed E-state index contributed by atoms with van der Waals surface area (Å²) in [6.45, 7) is 12.0. The third kappa shape index (κ3) is 7.45. The van der Waals surface area contributed by atoms with Crippen LogP contribution in [0.5, 0.6) is 0 Å². The van der Waals surface area contributed by atoms with Crippen molar-refractivity contribution >= 4 is 23.6 Å². The molecule has 12 nitrogen and oxygen atoms in total. The number of fused-ring (bicyclic) bond motifs is 1. The number of amides is 1. The van der Waals surface area contributed by atoms with Crippen LogP contribution in [-0.4, -0.2) is 109 Å². The summed E-state index contributed by atoms with van der Waals surface area (Å²) in [5.41, 5.74) is -1.37. The van der Waals surface area contributed by atoms with Crippen molar-refractivity contribution in [2.75, 3.05) is 20.7 Å². The quantitative estimate of drug-likeness (QED) is 0.255. The summed E-state index contributed by atoms with van der Waals surface area (Å²) in [5, 5.41) is 14.0. The molecule has 0 aliphatic carbocycles. The van der Waals surface area contributed by atoms with E-state index in [1.807, 2.05) is 25.9 Å². The monoisotopic (exact) mass is 622 g/mol. The molecule has 0 spiro atoms. The second-order valence-corrected chi connectivity index (χ2v) is 13.0. The second-order valence-electron chi connectivity index (χ2n) is 13.0. The average Bonchev–Trinajstić information content (AvgIpc) is 3.28. The molecular weight excluding hydrogens is 572 g/mol. The minimum Gasteiger partial charge on any atom is -0.458 e. The zero-order chi connectivity index (χ0) is 33.1. The fraction of sp³-hybridized carbons (Fsp3) is 0.812. The number of alkyl carbamates (subject to hydrolysis) is 1. The van der Waals surface area contributed by atoms with E-state index in [2.05, 4.69) is 11.2 Å². The molecule has 3 aliphatic rings. The van der Waals surface area contributed by atoms with Crippen molar-refractivity contribution in [3.63, 3.8) is 0 Å². The minimum atomic E-state index is -1.37. The van der Waals surface area contributed by atoms with Crippen LogP contribution in [0.3, 0.4) is 0 Å². The summed E-state index contributed by atoms with van der Waals surface area (Å²) in [7, 11) is 3.71. The molecule has 2 N–H and O–H groups in total. The Morgan fingerprint density at radius 1 is 1.07 bits per heavy atom. The minimum absolute atomic E-state index is 0.108. The first kappa shape index (κ1) is 35.9. The number of likely N-dealkylation sites (N-methyl/N-ethyl adjacent to an activating group) is 1. The zero-order valence-electron chi connectivity index (χ0n) is 27.4. The molecule has 0 bridgehead atoms. The van der Waals surface area contributed by atoms with Gasteiger partial charge in [-0.2, -0.15) is 0 Å². The lowest BCUT2D eigenvalue weighted by Crippen LogP contribution is -2.58. The van der Waals surface area contributed by atoms with Crippen molar-refractivity contribution in [3.05, 3.63) is 0 Å². The molecule has 3 rings (SSSR count). The van der Waals surface area contributed by atoms with Gasteiger partial charge < -0.3 is 39.0 Å². The number of Topliss-reactive ketones (excluding diaryl/α,β-unsaturated/α-hetero) is 2. The highest BCUT2D eigenvalue weighted by Gasteiger charge is 2.56. The number of aliphatic hydroxyl groups excluding tert-OH is 1. The maximum Gasteiger partial charge on any atom is 0.408 e. The van der Waals surface area contributed by atoms with Gasteiger partial charge in [-0.1, -0.05) is 40.5 Å². The lowest BCUT2D eigenvalue weighted by Gasteiger charge is -2.45. The van der Waals surface area contributed by atoms with Gasteiger partial charge in [0.25, 0.3) is 0 Å². The number of esters is 1. The summed E-state index contributed by atoms with van der Waals surface area (Å²) in [5.74, 6) is -2.11. The Hall–Kier alpha value is -2.56.